The number of nitrogen functional groups attached to an aromatic ring is 1. The summed E-state index contributed by atoms with van der Waals surface area (Å²) in [5.41, 5.74) is 7.92. The molecule has 106 valence electrons. The summed E-state index contributed by atoms with van der Waals surface area (Å²) in [6.45, 7) is 3.68. The molecule has 0 radical (unpaired) electrons. The fourth-order valence-corrected chi connectivity index (χ4v) is 2.36. The monoisotopic (exact) mass is 286 g/mol. The zero-order valence-electron chi connectivity index (χ0n) is 11.0. The van der Waals surface area contributed by atoms with Crippen LogP contribution in [-0.2, 0) is 26.1 Å². The molecule has 0 fully saturated rings. The molecule has 1 aromatic carbocycles. The van der Waals surface area contributed by atoms with Crippen molar-refractivity contribution in [3.63, 3.8) is 0 Å². The summed E-state index contributed by atoms with van der Waals surface area (Å²) in [5.74, 6) is -1.44. The summed E-state index contributed by atoms with van der Waals surface area (Å²) in [6.07, 6.45) is 0. The lowest BCUT2D eigenvalue weighted by atomic mass is 10.1. The second kappa shape index (κ2) is 6.53. The zero-order chi connectivity index (χ0) is 14.5. The first kappa shape index (κ1) is 15.5. The van der Waals surface area contributed by atoms with E-state index in [9.17, 15) is 13.2 Å². The first-order chi connectivity index (χ1) is 8.85. The molecule has 0 aliphatic carbocycles. The topological polar surface area (TPSA) is 98.5 Å². The fraction of sp³-hybridized carbons (Fsp3) is 0.417. The summed E-state index contributed by atoms with van der Waals surface area (Å²) in [5, 5.41) is 0. The van der Waals surface area contributed by atoms with Crippen LogP contribution in [0.25, 0.3) is 0 Å². The van der Waals surface area contributed by atoms with E-state index in [-0.39, 0.29) is 13.2 Å². The molecule has 0 heterocycles. The highest BCUT2D eigenvalue weighted by molar-refractivity contribution is 7.90. The molecular formula is C12H18N2O4S. The average Bonchev–Trinajstić information content (AvgIpc) is 2.30. The van der Waals surface area contributed by atoms with E-state index < -0.39 is 21.7 Å². The van der Waals surface area contributed by atoms with E-state index in [4.69, 9.17) is 5.73 Å². The Balaban J connectivity index is 2.65. The summed E-state index contributed by atoms with van der Waals surface area (Å²) < 4.78 is 30.2. The van der Waals surface area contributed by atoms with Gasteiger partial charge in [-0.15, -0.1) is 0 Å². The Morgan fingerprint density at radius 1 is 1.42 bits per heavy atom. The second-order valence-electron chi connectivity index (χ2n) is 4.02. The predicted molar refractivity (Wildman–Crippen MR) is 72.9 cm³/mol. The van der Waals surface area contributed by atoms with E-state index in [0.29, 0.717) is 5.69 Å². The number of hydrogen-bond donors (Lipinski definition) is 2. The first-order valence-corrected chi connectivity index (χ1v) is 7.48. The molecule has 0 saturated carbocycles. The van der Waals surface area contributed by atoms with Gasteiger partial charge in [-0.1, -0.05) is 12.1 Å². The Morgan fingerprint density at radius 2 is 2.11 bits per heavy atom. The highest BCUT2D eigenvalue weighted by atomic mass is 32.2. The van der Waals surface area contributed by atoms with Crippen LogP contribution in [0.5, 0.6) is 0 Å². The molecule has 0 amide bonds. The van der Waals surface area contributed by atoms with Gasteiger partial charge in [0.15, 0.2) is 5.75 Å². The van der Waals surface area contributed by atoms with Crippen LogP contribution in [-0.4, -0.2) is 26.7 Å². The third kappa shape index (κ3) is 4.88. The van der Waals surface area contributed by atoms with Crippen molar-refractivity contribution in [3.05, 3.63) is 29.3 Å². The quantitative estimate of drug-likeness (QED) is 0.588. The van der Waals surface area contributed by atoms with Gasteiger partial charge in [0.1, 0.15) is 0 Å². The van der Waals surface area contributed by atoms with Gasteiger partial charge in [-0.05, 0) is 31.0 Å². The summed E-state index contributed by atoms with van der Waals surface area (Å²) in [7, 11) is -3.70. The van der Waals surface area contributed by atoms with Crippen molar-refractivity contribution in [2.45, 2.75) is 20.4 Å². The lowest BCUT2D eigenvalue weighted by Gasteiger charge is -2.10. The van der Waals surface area contributed by atoms with Crippen LogP contribution in [0.2, 0.25) is 0 Å². The summed E-state index contributed by atoms with van der Waals surface area (Å²) in [6, 6.07) is 5.27. The fourth-order valence-electron chi connectivity index (χ4n) is 1.49. The number of hydrogen-bond acceptors (Lipinski definition) is 5. The van der Waals surface area contributed by atoms with Gasteiger partial charge < -0.3 is 10.5 Å². The zero-order valence-corrected chi connectivity index (χ0v) is 11.8. The van der Waals surface area contributed by atoms with Crippen LogP contribution in [0.1, 0.15) is 18.1 Å². The third-order valence-corrected chi connectivity index (χ3v) is 3.78. The van der Waals surface area contributed by atoms with Gasteiger partial charge in [-0.25, -0.2) is 13.1 Å². The van der Waals surface area contributed by atoms with Gasteiger partial charge in [0.25, 0.3) is 0 Å². The SMILES string of the molecule is CCOC(=O)CS(=O)(=O)NCc1cccc(N)c1C. The minimum absolute atomic E-state index is 0.0958. The molecule has 0 unspecified atom stereocenters. The second-order valence-corrected chi connectivity index (χ2v) is 5.82. The van der Waals surface area contributed by atoms with Gasteiger partial charge in [0.2, 0.25) is 10.0 Å². The molecule has 0 atom stereocenters. The number of rotatable bonds is 6. The van der Waals surface area contributed by atoms with Crippen molar-refractivity contribution in [3.8, 4) is 0 Å². The van der Waals surface area contributed by atoms with Crippen molar-refractivity contribution in [2.24, 2.45) is 0 Å². The molecule has 6 nitrogen and oxygen atoms in total. The van der Waals surface area contributed by atoms with E-state index in [1.54, 1.807) is 25.1 Å². The Hall–Kier alpha value is -1.60. The van der Waals surface area contributed by atoms with Gasteiger partial charge in [0, 0.05) is 12.2 Å². The highest BCUT2D eigenvalue weighted by Gasteiger charge is 2.17. The van der Waals surface area contributed by atoms with Crippen molar-refractivity contribution in [2.75, 3.05) is 18.1 Å². The Labute approximate surface area is 113 Å². The third-order valence-electron chi connectivity index (χ3n) is 2.58. The van der Waals surface area contributed by atoms with Crippen LogP contribution >= 0.6 is 0 Å². The van der Waals surface area contributed by atoms with E-state index in [0.717, 1.165) is 11.1 Å². The van der Waals surface area contributed by atoms with Crippen molar-refractivity contribution < 1.29 is 17.9 Å². The van der Waals surface area contributed by atoms with E-state index in [1.807, 2.05) is 6.92 Å². The molecule has 0 aliphatic rings. The number of sulfonamides is 1. The Morgan fingerprint density at radius 3 is 2.74 bits per heavy atom. The minimum atomic E-state index is -3.70. The number of carbonyl (C=O) groups excluding carboxylic acids is 1. The largest absolute Gasteiger partial charge is 0.465 e. The van der Waals surface area contributed by atoms with E-state index in [1.165, 1.54) is 0 Å². The molecule has 0 bridgehead atoms. The normalized spacial score (nSPS) is 11.3. The molecule has 0 aliphatic heterocycles. The summed E-state index contributed by atoms with van der Waals surface area (Å²) >= 11 is 0. The molecule has 7 heteroatoms. The molecule has 0 saturated heterocycles. The molecule has 3 N–H and O–H groups in total. The number of anilines is 1. The number of benzene rings is 1. The van der Waals surface area contributed by atoms with Crippen LogP contribution in [0, 0.1) is 6.92 Å². The number of esters is 1. The number of nitrogens with one attached hydrogen (secondary N) is 1. The molecule has 0 spiro atoms. The van der Waals surface area contributed by atoms with E-state index in [2.05, 4.69) is 9.46 Å². The van der Waals surface area contributed by atoms with Gasteiger partial charge in [-0.2, -0.15) is 0 Å². The smallest absolute Gasteiger partial charge is 0.322 e. The molecule has 19 heavy (non-hydrogen) atoms. The average molecular weight is 286 g/mol. The van der Waals surface area contributed by atoms with Gasteiger partial charge in [0.05, 0.1) is 6.61 Å². The number of nitrogens with two attached hydrogens (primary N) is 1. The standard InChI is InChI=1S/C12H18N2O4S/c1-3-18-12(15)8-19(16,17)14-7-10-5-4-6-11(13)9(10)2/h4-6,14H,3,7-8,13H2,1-2H3. The first-order valence-electron chi connectivity index (χ1n) is 5.82. The van der Waals surface area contributed by atoms with Crippen LogP contribution in [0.3, 0.4) is 0 Å². The maximum atomic E-state index is 11.6. The minimum Gasteiger partial charge on any atom is -0.465 e. The maximum Gasteiger partial charge on any atom is 0.322 e. The Bertz CT molecular complexity index is 555. The van der Waals surface area contributed by atoms with Crippen LogP contribution < -0.4 is 10.5 Å². The van der Waals surface area contributed by atoms with Crippen molar-refractivity contribution >= 4 is 21.7 Å². The van der Waals surface area contributed by atoms with Gasteiger partial charge >= 0.3 is 5.97 Å². The lowest BCUT2D eigenvalue weighted by Crippen LogP contribution is -2.30. The number of ether oxygens (including phenoxy) is 1. The van der Waals surface area contributed by atoms with Crippen molar-refractivity contribution in [1.82, 2.24) is 4.72 Å². The summed E-state index contributed by atoms with van der Waals surface area (Å²) in [4.78, 5) is 11.1. The highest BCUT2D eigenvalue weighted by Crippen LogP contribution is 2.15. The number of carbonyl (C=O) groups is 1. The maximum absolute atomic E-state index is 11.6. The molecule has 1 rings (SSSR count). The van der Waals surface area contributed by atoms with E-state index >= 15 is 0 Å². The predicted octanol–water partition coefficient (Wildman–Crippen LogP) is 0.560. The molecular weight excluding hydrogens is 268 g/mol. The van der Waals surface area contributed by atoms with Crippen LogP contribution in [0.4, 0.5) is 5.69 Å². The van der Waals surface area contributed by atoms with Crippen molar-refractivity contribution in [1.29, 1.82) is 0 Å². The van der Waals surface area contributed by atoms with Crippen LogP contribution in [0.15, 0.2) is 18.2 Å². The van der Waals surface area contributed by atoms with Gasteiger partial charge in [-0.3, -0.25) is 4.79 Å². The molecule has 1 aromatic rings. The lowest BCUT2D eigenvalue weighted by molar-refractivity contribution is -0.139. The Kier molecular flexibility index (Phi) is 5.31. The molecule has 0 aromatic heterocycles.